The molecule has 3 aromatic carbocycles. The third-order valence-electron chi connectivity index (χ3n) is 5.16. The molecule has 0 saturated heterocycles. The van der Waals surface area contributed by atoms with Crippen LogP contribution in [0.3, 0.4) is 0 Å². The van der Waals surface area contributed by atoms with Crippen LogP contribution in [0.5, 0.6) is 0 Å². The van der Waals surface area contributed by atoms with E-state index in [4.69, 9.17) is 0 Å². The molecule has 0 spiro atoms. The van der Waals surface area contributed by atoms with Crippen LogP contribution >= 0.6 is 0 Å². The predicted octanol–water partition coefficient (Wildman–Crippen LogP) is 4.00. The number of benzene rings is 3. The van der Waals surface area contributed by atoms with E-state index in [0.29, 0.717) is 11.3 Å². The van der Waals surface area contributed by atoms with Crippen molar-refractivity contribution in [3.63, 3.8) is 0 Å². The van der Waals surface area contributed by atoms with Gasteiger partial charge in [-0.2, -0.15) is 5.10 Å². The Labute approximate surface area is 185 Å². The number of nitrogens with one attached hydrogen (secondary N) is 1. The van der Waals surface area contributed by atoms with E-state index in [0.717, 1.165) is 11.1 Å². The SMILES string of the molecule is O=C(NCCn1nc(-c2ccc(F)cc2)ccc1=O)C(c1ccccc1)c1ccccc1. The lowest BCUT2D eigenvalue weighted by Gasteiger charge is -2.18. The van der Waals surface area contributed by atoms with E-state index in [-0.39, 0.29) is 30.4 Å². The molecule has 160 valence electrons. The van der Waals surface area contributed by atoms with Crippen LogP contribution in [0.1, 0.15) is 17.0 Å². The van der Waals surface area contributed by atoms with E-state index in [2.05, 4.69) is 10.4 Å². The van der Waals surface area contributed by atoms with E-state index < -0.39 is 5.92 Å². The van der Waals surface area contributed by atoms with Crippen LogP contribution in [-0.2, 0) is 11.3 Å². The number of aromatic nitrogens is 2. The predicted molar refractivity (Wildman–Crippen MR) is 122 cm³/mol. The maximum Gasteiger partial charge on any atom is 0.266 e. The van der Waals surface area contributed by atoms with E-state index >= 15 is 0 Å². The van der Waals surface area contributed by atoms with Crippen LogP contribution in [0.25, 0.3) is 11.3 Å². The molecule has 1 amide bonds. The second kappa shape index (κ2) is 9.83. The van der Waals surface area contributed by atoms with Crippen LogP contribution in [0, 0.1) is 5.82 Å². The first-order valence-electron chi connectivity index (χ1n) is 10.3. The van der Waals surface area contributed by atoms with Crippen LogP contribution in [-0.4, -0.2) is 22.2 Å². The lowest BCUT2D eigenvalue weighted by molar-refractivity contribution is -0.121. The largest absolute Gasteiger partial charge is 0.353 e. The van der Waals surface area contributed by atoms with Gasteiger partial charge in [-0.15, -0.1) is 0 Å². The van der Waals surface area contributed by atoms with Crippen molar-refractivity contribution < 1.29 is 9.18 Å². The highest BCUT2D eigenvalue weighted by atomic mass is 19.1. The molecule has 0 atom stereocenters. The fourth-order valence-corrected chi connectivity index (χ4v) is 3.56. The number of carbonyl (C=O) groups excluding carboxylic acids is 1. The lowest BCUT2D eigenvalue weighted by atomic mass is 9.90. The molecular formula is C26H22FN3O2. The standard InChI is InChI=1S/C26H22FN3O2/c27-22-13-11-19(12-14-22)23-15-16-24(31)30(29-23)18-17-28-26(32)25(20-7-3-1-4-8-20)21-9-5-2-6-10-21/h1-16,25H,17-18H2,(H,28,32). The van der Waals surface area contributed by atoms with Gasteiger partial charge in [-0.1, -0.05) is 60.7 Å². The first kappa shape index (κ1) is 21.2. The van der Waals surface area contributed by atoms with Gasteiger partial charge in [0.05, 0.1) is 18.2 Å². The van der Waals surface area contributed by atoms with Crippen molar-refractivity contribution in [3.8, 4) is 11.3 Å². The minimum Gasteiger partial charge on any atom is -0.353 e. The van der Waals surface area contributed by atoms with Gasteiger partial charge in [0.1, 0.15) is 5.82 Å². The molecular weight excluding hydrogens is 405 g/mol. The zero-order valence-corrected chi connectivity index (χ0v) is 17.3. The molecule has 0 bridgehead atoms. The Morgan fingerprint density at radius 2 is 1.44 bits per heavy atom. The Bertz CT molecular complexity index is 1200. The quantitative estimate of drug-likeness (QED) is 0.485. The lowest BCUT2D eigenvalue weighted by Crippen LogP contribution is -2.35. The first-order valence-corrected chi connectivity index (χ1v) is 10.3. The van der Waals surface area contributed by atoms with E-state index in [1.165, 1.54) is 22.9 Å². The molecule has 4 aromatic rings. The molecule has 0 saturated carbocycles. The minimum atomic E-state index is -0.451. The van der Waals surface area contributed by atoms with Gasteiger partial charge in [0.25, 0.3) is 5.56 Å². The molecule has 32 heavy (non-hydrogen) atoms. The molecule has 5 nitrogen and oxygen atoms in total. The molecule has 4 rings (SSSR count). The van der Waals surface area contributed by atoms with Gasteiger partial charge < -0.3 is 5.32 Å². The molecule has 0 aliphatic carbocycles. The molecule has 0 fully saturated rings. The number of halogens is 1. The smallest absolute Gasteiger partial charge is 0.266 e. The zero-order chi connectivity index (χ0) is 22.3. The highest BCUT2D eigenvalue weighted by molar-refractivity contribution is 5.87. The minimum absolute atomic E-state index is 0.148. The van der Waals surface area contributed by atoms with Crippen molar-refractivity contribution in [3.05, 3.63) is 124 Å². The van der Waals surface area contributed by atoms with E-state index in [1.54, 1.807) is 18.2 Å². The van der Waals surface area contributed by atoms with Crippen molar-refractivity contribution in [1.82, 2.24) is 15.1 Å². The maximum atomic E-state index is 13.2. The van der Waals surface area contributed by atoms with E-state index in [1.807, 2.05) is 60.7 Å². The van der Waals surface area contributed by atoms with Crippen molar-refractivity contribution in [2.45, 2.75) is 12.5 Å². The summed E-state index contributed by atoms with van der Waals surface area (Å²) in [5.74, 6) is -0.936. The van der Waals surface area contributed by atoms with Crippen molar-refractivity contribution in [1.29, 1.82) is 0 Å². The molecule has 1 heterocycles. The first-order chi connectivity index (χ1) is 15.6. The Kier molecular flexibility index (Phi) is 6.51. The van der Waals surface area contributed by atoms with Gasteiger partial charge in [0, 0.05) is 18.2 Å². The summed E-state index contributed by atoms with van der Waals surface area (Å²) in [5.41, 5.74) is 2.78. The summed E-state index contributed by atoms with van der Waals surface area (Å²) in [6.07, 6.45) is 0. The van der Waals surface area contributed by atoms with Gasteiger partial charge in [-0.05, 0) is 41.5 Å². The molecule has 1 N–H and O–H groups in total. The summed E-state index contributed by atoms with van der Waals surface area (Å²) in [7, 11) is 0. The Hall–Kier alpha value is -4.06. The Morgan fingerprint density at radius 3 is 2.03 bits per heavy atom. The monoisotopic (exact) mass is 427 g/mol. The fraction of sp³-hybridized carbons (Fsp3) is 0.115. The van der Waals surface area contributed by atoms with Gasteiger partial charge in [0.15, 0.2) is 0 Å². The molecule has 1 aromatic heterocycles. The molecule has 0 aliphatic rings. The average molecular weight is 427 g/mol. The summed E-state index contributed by atoms with van der Waals surface area (Å²) in [5, 5.41) is 7.29. The highest BCUT2D eigenvalue weighted by Gasteiger charge is 2.22. The van der Waals surface area contributed by atoms with Crippen LogP contribution in [0.15, 0.2) is 102 Å². The number of rotatable bonds is 7. The normalized spacial score (nSPS) is 10.8. The topological polar surface area (TPSA) is 64.0 Å². The highest BCUT2D eigenvalue weighted by Crippen LogP contribution is 2.24. The molecule has 0 aliphatic heterocycles. The van der Waals surface area contributed by atoms with Crippen LogP contribution in [0.4, 0.5) is 4.39 Å². The van der Waals surface area contributed by atoms with Crippen molar-refractivity contribution in [2.75, 3.05) is 6.54 Å². The number of carbonyl (C=O) groups is 1. The number of nitrogens with zero attached hydrogens (tertiary/aromatic N) is 2. The van der Waals surface area contributed by atoms with Gasteiger partial charge in [0.2, 0.25) is 5.91 Å². The van der Waals surface area contributed by atoms with Crippen LogP contribution < -0.4 is 10.9 Å². The number of hydrogen-bond donors (Lipinski definition) is 1. The summed E-state index contributed by atoms with van der Waals surface area (Å²) in [6.45, 7) is 0.463. The van der Waals surface area contributed by atoms with Gasteiger partial charge in [-0.25, -0.2) is 9.07 Å². The van der Waals surface area contributed by atoms with Gasteiger partial charge in [-0.3, -0.25) is 9.59 Å². The third-order valence-corrected chi connectivity index (χ3v) is 5.16. The van der Waals surface area contributed by atoms with Crippen molar-refractivity contribution in [2.24, 2.45) is 0 Å². The second-order valence-corrected chi connectivity index (χ2v) is 7.33. The fourth-order valence-electron chi connectivity index (χ4n) is 3.56. The molecule has 6 heteroatoms. The Morgan fingerprint density at radius 1 is 0.844 bits per heavy atom. The third kappa shape index (κ3) is 4.98. The maximum absolute atomic E-state index is 13.2. The van der Waals surface area contributed by atoms with Crippen molar-refractivity contribution >= 4 is 5.91 Å². The van der Waals surface area contributed by atoms with E-state index in [9.17, 15) is 14.0 Å². The van der Waals surface area contributed by atoms with Crippen LogP contribution in [0.2, 0.25) is 0 Å². The summed E-state index contributed by atoms with van der Waals surface area (Å²) in [6, 6.07) is 28.1. The number of hydrogen-bond acceptors (Lipinski definition) is 3. The average Bonchev–Trinajstić information content (AvgIpc) is 2.82. The number of amides is 1. The second-order valence-electron chi connectivity index (χ2n) is 7.33. The molecule has 0 radical (unpaired) electrons. The summed E-state index contributed by atoms with van der Waals surface area (Å²) in [4.78, 5) is 25.3. The Balaban J connectivity index is 1.48. The molecule has 0 unspecified atom stereocenters. The van der Waals surface area contributed by atoms with Gasteiger partial charge >= 0.3 is 0 Å². The zero-order valence-electron chi connectivity index (χ0n) is 17.3. The summed E-state index contributed by atoms with van der Waals surface area (Å²) < 4.78 is 14.5. The summed E-state index contributed by atoms with van der Waals surface area (Å²) >= 11 is 0.